The molecule has 5 aliphatic heterocycles. The standard InChI is InChI=1S/C72H58N8S4/c81-45-53-9-1-49(2-10-53)41-77-33-25-57(26-34-77)69-61-17-19-63(73-61)70(58-27-35-78(36-28-58)42-50-3-11-54(46-82)12-4-50)65-21-23-67(75-65)72(60-31-39-80(40-32-60)44-52-7-15-56(48-84)16-8-52)68-24-22-66(76-68)71(64-20-18-62(69)74-64)59-29-37-79(38-30-59)43-51-5-13-55(47-83)14-6-51/h1-40,73H,41-48H2,(H-3,81,82,83,84)/p+3. The fourth-order valence-electron chi connectivity index (χ4n) is 11.1. The summed E-state index contributed by atoms with van der Waals surface area (Å²) in [5.74, 6) is 2.85. The summed E-state index contributed by atoms with van der Waals surface area (Å²) in [7, 11) is 0. The first-order valence-electron chi connectivity index (χ1n) is 28.2. The van der Waals surface area contributed by atoms with Crippen LogP contribution in [0, 0.1) is 0 Å². The van der Waals surface area contributed by atoms with Gasteiger partial charge in [-0.05, 0) is 111 Å². The minimum Gasteiger partial charge on any atom is -0.354 e. The molecule has 0 spiro atoms. The molecule has 0 unspecified atom stereocenters. The zero-order valence-corrected chi connectivity index (χ0v) is 49.7. The molecule has 8 aromatic rings. The number of thiol groups is 4. The van der Waals surface area contributed by atoms with Gasteiger partial charge in [-0.25, -0.2) is 28.7 Å². The van der Waals surface area contributed by atoms with Gasteiger partial charge in [-0.3, -0.25) is 0 Å². The molecule has 84 heavy (non-hydrogen) atoms. The summed E-state index contributed by atoms with van der Waals surface area (Å²) in [5, 5.41) is 0. The first-order chi connectivity index (χ1) is 41.3. The van der Waals surface area contributed by atoms with Crippen molar-refractivity contribution in [3.05, 3.63) is 345 Å². The number of aromatic amines is 1. The van der Waals surface area contributed by atoms with Crippen molar-refractivity contribution in [3.63, 3.8) is 0 Å². The van der Waals surface area contributed by atoms with Crippen molar-refractivity contribution < 1.29 is 13.7 Å². The van der Waals surface area contributed by atoms with E-state index in [9.17, 15) is 0 Å². The van der Waals surface area contributed by atoms with Crippen LogP contribution in [0.15, 0.2) is 287 Å². The number of aliphatic imine (C=N–C) groups is 3. The molecule has 5 aliphatic rings. The van der Waals surface area contributed by atoms with E-state index in [1.165, 1.54) is 44.5 Å². The third-order valence-electron chi connectivity index (χ3n) is 15.7. The highest BCUT2D eigenvalue weighted by molar-refractivity contribution is 7.79. The zero-order chi connectivity index (χ0) is 56.9. The van der Waals surface area contributed by atoms with Gasteiger partial charge in [0.1, 0.15) is 0 Å². The number of allylic oxidation sites excluding steroid dienone is 11. The van der Waals surface area contributed by atoms with Crippen LogP contribution in [0.1, 0.15) is 72.6 Å². The van der Waals surface area contributed by atoms with Gasteiger partial charge < -0.3 is 9.88 Å². The van der Waals surface area contributed by atoms with Gasteiger partial charge in [0, 0.05) is 129 Å². The number of nitrogens with zero attached hydrogens (tertiary/aromatic N) is 7. The summed E-state index contributed by atoms with van der Waals surface area (Å²) < 4.78 is 6.64. The van der Waals surface area contributed by atoms with Gasteiger partial charge >= 0.3 is 0 Å². The van der Waals surface area contributed by atoms with E-state index in [-0.39, 0.29) is 0 Å². The van der Waals surface area contributed by atoms with Crippen LogP contribution in [0.3, 0.4) is 0 Å². The third kappa shape index (κ3) is 12.0. The Labute approximate surface area is 513 Å². The fourth-order valence-corrected chi connectivity index (χ4v) is 11.9. The second kappa shape index (κ2) is 24.7. The second-order valence-corrected chi connectivity index (χ2v) is 22.6. The zero-order valence-electron chi connectivity index (χ0n) is 46.2. The summed E-state index contributed by atoms with van der Waals surface area (Å²) in [5.41, 5.74) is 24.4. The lowest BCUT2D eigenvalue weighted by atomic mass is 9.97. The topological polar surface area (TPSA) is 67.8 Å². The molecule has 8 nitrogen and oxygen atoms in total. The van der Waals surface area contributed by atoms with Gasteiger partial charge in [-0.1, -0.05) is 97.1 Å². The van der Waals surface area contributed by atoms with Gasteiger partial charge in [0.15, 0.2) is 56.8 Å². The molecule has 0 radical (unpaired) electrons. The Kier molecular flexibility index (Phi) is 16.1. The Balaban J connectivity index is 0.958. The molecule has 0 saturated carbocycles. The predicted molar refractivity (Wildman–Crippen MR) is 354 cm³/mol. The molecule has 0 atom stereocenters. The van der Waals surface area contributed by atoms with Crippen molar-refractivity contribution in [1.29, 1.82) is 0 Å². The highest BCUT2D eigenvalue weighted by Gasteiger charge is 2.28. The molecule has 4 aromatic carbocycles. The molecular weight excluding hydrogens is 1110 g/mol. The van der Waals surface area contributed by atoms with Crippen molar-refractivity contribution in [2.45, 2.75) is 49.2 Å². The molecule has 0 fully saturated rings. The van der Waals surface area contributed by atoms with Crippen LogP contribution in [-0.2, 0) is 49.2 Å². The van der Waals surface area contributed by atoms with E-state index in [2.05, 4.69) is 318 Å². The maximum atomic E-state index is 5.61. The van der Waals surface area contributed by atoms with Gasteiger partial charge in [0.05, 0.1) is 34.2 Å². The SMILES string of the molecule is SCc1ccc(CN2C=CC(=C3C4=NC(=C(c5cc[n+](Cc6ccc(CS)cc6)cc5)C5=NC(=C(c6cc[n+](Cc7ccc(CS)cc7)cc6)c6ccc([nH]6)C(c6cc[n+](Cc7ccc(CS)cc7)cc6)=C6C=CC3=N6)C=C5)C=C4)C=C2)cc1. The molecule has 1 N–H and O–H groups in total. The van der Waals surface area contributed by atoms with E-state index in [0.29, 0.717) is 23.0 Å². The average molecular weight is 1170 g/mol. The first kappa shape index (κ1) is 54.7. The number of hydrogen-bond acceptors (Lipinski definition) is 8. The molecule has 0 amide bonds. The Bertz CT molecular complexity index is 4190. The Morgan fingerprint density at radius 2 is 0.631 bits per heavy atom. The number of nitrogens with one attached hydrogen (secondary N) is 1. The van der Waals surface area contributed by atoms with Crippen LogP contribution in [0.4, 0.5) is 0 Å². The van der Waals surface area contributed by atoms with E-state index in [0.717, 1.165) is 116 Å². The van der Waals surface area contributed by atoms with E-state index < -0.39 is 0 Å². The summed E-state index contributed by atoms with van der Waals surface area (Å²) >= 11 is 17.9. The number of rotatable bonds is 15. The monoisotopic (exact) mass is 1170 g/mol. The number of hydrogen-bond donors (Lipinski definition) is 5. The lowest BCUT2D eigenvalue weighted by molar-refractivity contribution is -0.688. The maximum Gasteiger partial charge on any atom is 0.173 e. The molecule has 4 aromatic heterocycles. The normalized spacial score (nSPS) is 15.3. The second-order valence-electron chi connectivity index (χ2n) is 21.4. The highest BCUT2D eigenvalue weighted by Crippen LogP contribution is 2.38. The molecular formula is C72H61N8S4+3. The Hall–Kier alpha value is -8.52. The van der Waals surface area contributed by atoms with Crippen LogP contribution in [0.5, 0.6) is 0 Å². The van der Waals surface area contributed by atoms with E-state index >= 15 is 0 Å². The molecule has 8 bridgehead atoms. The summed E-state index contributed by atoms with van der Waals surface area (Å²) in [6.07, 6.45) is 34.5. The Morgan fingerprint density at radius 1 is 0.321 bits per heavy atom. The molecule has 12 heteroatoms. The third-order valence-corrected chi connectivity index (χ3v) is 17.1. The van der Waals surface area contributed by atoms with Gasteiger partial charge in [0.2, 0.25) is 0 Å². The van der Waals surface area contributed by atoms with Crippen LogP contribution in [0.25, 0.3) is 16.7 Å². The lowest BCUT2D eigenvalue weighted by Gasteiger charge is -2.20. The van der Waals surface area contributed by atoms with Crippen molar-refractivity contribution >= 4 is 84.4 Å². The number of aromatic nitrogens is 4. The molecule has 410 valence electrons. The quantitative estimate of drug-likeness (QED) is 0.0515. The van der Waals surface area contributed by atoms with E-state index in [1.807, 2.05) is 0 Å². The van der Waals surface area contributed by atoms with E-state index in [4.69, 9.17) is 15.0 Å². The fraction of sp³-hybridized carbons (Fsp3) is 0.111. The smallest absolute Gasteiger partial charge is 0.173 e. The first-order valence-corrected chi connectivity index (χ1v) is 30.7. The largest absolute Gasteiger partial charge is 0.354 e. The van der Waals surface area contributed by atoms with Crippen LogP contribution >= 0.6 is 50.5 Å². The van der Waals surface area contributed by atoms with E-state index in [1.54, 1.807) is 0 Å². The van der Waals surface area contributed by atoms with Crippen LogP contribution in [0.2, 0.25) is 0 Å². The minimum absolute atomic E-state index is 0.712. The summed E-state index contributed by atoms with van der Waals surface area (Å²) in [6, 6.07) is 52.2. The van der Waals surface area contributed by atoms with Gasteiger partial charge in [0.25, 0.3) is 0 Å². The number of fused-ring (bicyclic) bond motifs is 5. The van der Waals surface area contributed by atoms with Gasteiger partial charge in [-0.2, -0.15) is 50.5 Å². The van der Waals surface area contributed by atoms with Crippen molar-refractivity contribution in [3.8, 4) is 0 Å². The molecule has 0 saturated heterocycles. The van der Waals surface area contributed by atoms with Crippen molar-refractivity contribution in [1.82, 2.24) is 9.88 Å². The summed E-state index contributed by atoms with van der Waals surface area (Å²) in [6.45, 7) is 2.94. The molecule has 0 aliphatic carbocycles. The molecule has 13 rings (SSSR count). The van der Waals surface area contributed by atoms with Crippen molar-refractivity contribution in [2.75, 3.05) is 0 Å². The van der Waals surface area contributed by atoms with Crippen molar-refractivity contribution in [2.24, 2.45) is 15.0 Å². The average Bonchev–Trinajstić information content (AvgIpc) is 4.16. The van der Waals surface area contributed by atoms with Crippen LogP contribution < -0.4 is 13.7 Å². The predicted octanol–water partition coefficient (Wildman–Crippen LogP) is 13.6. The number of pyridine rings is 3. The van der Waals surface area contributed by atoms with Gasteiger partial charge in [-0.15, -0.1) is 0 Å². The molecule has 9 heterocycles. The number of benzene rings is 4. The summed E-state index contributed by atoms with van der Waals surface area (Å²) in [4.78, 5) is 23.0. The maximum absolute atomic E-state index is 5.61. The highest BCUT2D eigenvalue weighted by atomic mass is 32.1. The lowest BCUT2D eigenvalue weighted by Crippen LogP contribution is -2.33. The Morgan fingerprint density at radius 3 is 0.988 bits per heavy atom. The number of H-pyrrole nitrogens is 1. The van der Waals surface area contributed by atoms with Crippen LogP contribution in [-0.4, -0.2) is 27.0 Å². The minimum atomic E-state index is 0.712.